The summed E-state index contributed by atoms with van der Waals surface area (Å²) in [4.78, 5) is 12.2. The van der Waals surface area contributed by atoms with Crippen molar-refractivity contribution in [2.24, 2.45) is 0 Å². The molecule has 0 radical (unpaired) electrons. The van der Waals surface area contributed by atoms with Crippen LogP contribution in [0, 0.1) is 5.82 Å². The highest BCUT2D eigenvalue weighted by Crippen LogP contribution is 2.43. The summed E-state index contributed by atoms with van der Waals surface area (Å²) in [5.74, 6) is 0.270. The molecule has 0 bridgehead atoms. The zero-order valence-electron chi connectivity index (χ0n) is 16.2. The molecule has 3 aromatic heterocycles. The maximum Gasteiger partial charge on any atom is 0.236 e. The van der Waals surface area contributed by atoms with E-state index < -0.39 is 10.0 Å². The largest absolute Gasteiger partial charge is 0.368 e. The number of sulfonamides is 1. The number of halogens is 1. The van der Waals surface area contributed by atoms with Gasteiger partial charge in [-0.2, -0.15) is 0 Å². The van der Waals surface area contributed by atoms with Crippen LogP contribution in [0.1, 0.15) is 25.0 Å². The van der Waals surface area contributed by atoms with Crippen molar-refractivity contribution in [3.63, 3.8) is 0 Å². The zero-order chi connectivity index (χ0) is 21.2. The van der Waals surface area contributed by atoms with Gasteiger partial charge >= 0.3 is 0 Å². The smallest absolute Gasteiger partial charge is 0.236 e. The quantitative estimate of drug-likeness (QED) is 0.587. The van der Waals surface area contributed by atoms with Crippen LogP contribution in [0.2, 0.25) is 0 Å². The first-order chi connectivity index (χ1) is 14.3. The van der Waals surface area contributed by atoms with Crippen molar-refractivity contribution in [2.45, 2.75) is 24.7 Å². The second-order valence-electron chi connectivity index (χ2n) is 7.29. The van der Waals surface area contributed by atoms with Crippen LogP contribution >= 0.6 is 0 Å². The van der Waals surface area contributed by atoms with Gasteiger partial charge in [0, 0.05) is 36.1 Å². The molecule has 0 spiro atoms. The van der Waals surface area contributed by atoms with E-state index in [0.717, 1.165) is 25.5 Å². The lowest BCUT2D eigenvalue weighted by atomic mass is 9.66. The van der Waals surface area contributed by atoms with Gasteiger partial charge in [0.1, 0.15) is 11.6 Å². The molecule has 2 N–H and O–H groups in total. The van der Waals surface area contributed by atoms with Crippen LogP contribution in [0.25, 0.3) is 11.3 Å². The van der Waals surface area contributed by atoms with E-state index in [0.29, 0.717) is 29.3 Å². The van der Waals surface area contributed by atoms with Crippen LogP contribution in [-0.4, -0.2) is 46.4 Å². The normalized spacial score (nSPS) is 15.3. The van der Waals surface area contributed by atoms with Crippen molar-refractivity contribution in [2.75, 3.05) is 22.8 Å². The fourth-order valence-corrected chi connectivity index (χ4v) is 3.83. The molecule has 0 aromatic carbocycles. The summed E-state index contributed by atoms with van der Waals surface area (Å²) in [5.41, 5.74) is 1.30. The number of hydrogen-bond donors (Lipinski definition) is 2. The lowest BCUT2D eigenvalue weighted by Gasteiger charge is -2.41. The molecule has 0 aliphatic heterocycles. The Morgan fingerprint density at radius 2 is 1.87 bits per heavy atom. The van der Waals surface area contributed by atoms with Gasteiger partial charge in [-0.3, -0.25) is 9.71 Å². The number of nitrogens with zero attached hydrogens (tertiary/aromatic N) is 5. The second-order valence-corrected chi connectivity index (χ2v) is 9.04. The van der Waals surface area contributed by atoms with Crippen LogP contribution in [0.4, 0.5) is 16.2 Å². The maximum atomic E-state index is 14.2. The number of hydrogen-bond acceptors (Lipinski definition) is 8. The van der Waals surface area contributed by atoms with Crippen molar-refractivity contribution in [1.29, 1.82) is 0 Å². The Morgan fingerprint density at radius 1 is 1.10 bits per heavy atom. The molecule has 156 valence electrons. The SMILES string of the molecule is CS(=O)(=O)Nc1ncc(-c2ccc(NCC3(c4ncccc4F)CCC3)nn2)cn1. The van der Waals surface area contributed by atoms with Gasteiger partial charge < -0.3 is 5.32 Å². The average molecular weight is 429 g/mol. The van der Waals surface area contributed by atoms with E-state index in [1.165, 1.54) is 18.5 Å². The van der Waals surface area contributed by atoms with Crippen LogP contribution in [0.5, 0.6) is 0 Å². The highest BCUT2D eigenvalue weighted by Gasteiger charge is 2.41. The van der Waals surface area contributed by atoms with Crippen molar-refractivity contribution < 1.29 is 12.8 Å². The van der Waals surface area contributed by atoms with Crippen LogP contribution in [-0.2, 0) is 15.4 Å². The molecule has 0 unspecified atom stereocenters. The van der Waals surface area contributed by atoms with Gasteiger partial charge in [0.25, 0.3) is 0 Å². The molecule has 30 heavy (non-hydrogen) atoms. The fraction of sp³-hybridized carbons (Fsp3) is 0.316. The van der Waals surface area contributed by atoms with Gasteiger partial charge in [0.15, 0.2) is 0 Å². The van der Waals surface area contributed by atoms with E-state index >= 15 is 0 Å². The molecular weight excluding hydrogens is 409 g/mol. The van der Waals surface area contributed by atoms with Gasteiger partial charge in [-0.05, 0) is 37.1 Å². The third-order valence-electron chi connectivity index (χ3n) is 5.07. The van der Waals surface area contributed by atoms with Crippen molar-refractivity contribution in [3.8, 4) is 11.3 Å². The standard InChI is InChI=1S/C19H20FN7O2S/c1-30(28,29)27-18-22-10-13(11-23-18)15-5-6-16(26-25-15)24-12-19(7-3-8-19)17-14(20)4-2-9-21-17/h2,4-6,9-11H,3,7-8,12H2,1H3,(H,24,26)(H,22,23,27). The topological polar surface area (TPSA) is 123 Å². The summed E-state index contributed by atoms with van der Waals surface area (Å²) in [7, 11) is -3.44. The Bertz CT molecular complexity index is 1130. The molecule has 1 fully saturated rings. The van der Waals surface area contributed by atoms with Gasteiger partial charge in [-0.1, -0.05) is 6.42 Å². The van der Waals surface area contributed by atoms with Crippen LogP contribution < -0.4 is 10.0 Å². The molecule has 0 saturated heterocycles. The van der Waals surface area contributed by atoms with E-state index in [4.69, 9.17) is 0 Å². The Kier molecular flexibility index (Phi) is 5.29. The molecule has 1 aliphatic carbocycles. The predicted octanol–water partition coefficient (Wildman–Crippen LogP) is 2.37. The van der Waals surface area contributed by atoms with Crippen LogP contribution in [0.15, 0.2) is 42.9 Å². The number of pyridine rings is 1. The Hall–Kier alpha value is -3.21. The molecule has 11 heteroatoms. The average Bonchev–Trinajstić information content (AvgIpc) is 2.68. The minimum absolute atomic E-state index is 0.0138. The number of aromatic nitrogens is 5. The lowest BCUT2D eigenvalue weighted by Crippen LogP contribution is -2.42. The lowest BCUT2D eigenvalue weighted by molar-refractivity contribution is 0.243. The first-order valence-corrected chi connectivity index (χ1v) is 11.2. The van der Waals surface area contributed by atoms with Gasteiger partial charge in [0.2, 0.25) is 16.0 Å². The monoisotopic (exact) mass is 429 g/mol. The van der Waals surface area contributed by atoms with E-state index in [-0.39, 0.29) is 17.2 Å². The van der Waals surface area contributed by atoms with Gasteiger partial charge in [0.05, 0.1) is 17.6 Å². The summed E-state index contributed by atoms with van der Waals surface area (Å²) in [5, 5.41) is 11.6. The molecule has 1 saturated carbocycles. The Labute approximate surface area is 173 Å². The van der Waals surface area contributed by atoms with Gasteiger partial charge in [-0.15, -0.1) is 10.2 Å². The highest BCUT2D eigenvalue weighted by atomic mass is 32.2. The third kappa shape index (κ3) is 4.35. The van der Waals surface area contributed by atoms with Crippen LogP contribution in [0.3, 0.4) is 0 Å². The first kappa shape index (κ1) is 20.1. The highest BCUT2D eigenvalue weighted by molar-refractivity contribution is 7.91. The van der Waals surface area contributed by atoms with E-state index in [1.54, 1.807) is 24.4 Å². The molecule has 3 heterocycles. The number of anilines is 2. The minimum Gasteiger partial charge on any atom is -0.368 e. The summed E-state index contributed by atoms with van der Waals surface area (Å²) in [6, 6.07) is 6.56. The maximum absolute atomic E-state index is 14.2. The van der Waals surface area contributed by atoms with Crippen molar-refractivity contribution in [3.05, 3.63) is 54.4 Å². The molecular formula is C19H20FN7O2S. The molecule has 4 rings (SSSR count). The molecule has 9 nitrogen and oxygen atoms in total. The Morgan fingerprint density at radius 3 is 2.43 bits per heavy atom. The summed E-state index contributed by atoms with van der Waals surface area (Å²) in [6.07, 6.45) is 8.33. The summed E-state index contributed by atoms with van der Waals surface area (Å²) < 4.78 is 38.9. The number of nitrogens with one attached hydrogen (secondary N) is 2. The fourth-order valence-electron chi connectivity index (χ4n) is 3.40. The first-order valence-electron chi connectivity index (χ1n) is 9.33. The second kappa shape index (κ2) is 7.90. The van der Waals surface area contributed by atoms with Crippen molar-refractivity contribution in [1.82, 2.24) is 25.1 Å². The van der Waals surface area contributed by atoms with E-state index in [9.17, 15) is 12.8 Å². The minimum atomic E-state index is -3.44. The van der Waals surface area contributed by atoms with Gasteiger partial charge in [-0.25, -0.2) is 22.8 Å². The zero-order valence-corrected chi connectivity index (χ0v) is 17.0. The Balaban J connectivity index is 1.43. The summed E-state index contributed by atoms with van der Waals surface area (Å²) in [6.45, 7) is 0.518. The number of rotatable bonds is 7. The predicted molar refractivity (Wildman–Crippen MR) is 110 cm³/mol. The van der Waals surface area contributed by atoms with Crippen molar-refractivity contribution >= 4 is 21.8 Å². The molecule has 0 amide bonds. The molecule has 3 aromatic rings. The summed E-state index contributed by atoms with van der Waals surface area (Å²) >= 11 is 0. The van der Waals surface area contributed by atoms with E-state index in [1.807, 2.05) is 0 Å². The molecule has 1 aliphatic rings. The molecule has 0 atom stereocenters. The van der Waals surface area contributed by atoms with E-state index in [2.05, 4.69) is 35.2 Å². The third-order valence-corrected chi connectivity index (χ3v) is 5.62.